The van der Waals surface area contributed by atoms with Crippen LogP contribution in [-0.4, -0.2) is 42.9 Å². The summed E-state index contributed by atoms with van der Waals surface area (Å²) in [4.78, 5) is 27.7. The van der Waals surface area contributed by atoms with Crippen LogP contribution in [0.1, 0.15) is 19.8 Å². The lowest BCUT2D eigenvalue weighted by atomic mass is 10.1. The number of carbonyl (C=O) groups is 2. The maximum absolute atomic E-state index is 12.0. The van der Waals surface area contributed by atoms with Crippen LogP contribution in [0.5, 0.6) is 0 Å². The Morgan fingerprint density at radius 2 is 2.17 bits per heavy atom. The van der Waals surface area contributed by atoms with Crippen molar-refractivity contribution in [3.05, 3.63) is 22.3 Å². The summed E-state index contributed by atoms with van der Waals surface area (Å²) in [5.74, 6) is -1.30. The SMILES string of the molecule is C[C@@H](OC(=O)C[C@@H]1CCS(=O)(=O)C1)C(=O)Nc1ncc(Cl)cc1Cl. The summed E-state index contributed by atoms with van der Waals surface area (Å²) in [5, 5.41) is 2.92. The average Bonchev–Trinajstić information content (AvgIpc) is 2.80. The first kappa shape index (κ1) is 19.0. The number of nitrogens with one attached hydrogen (secondary N) is 1. The van der Waals surface area contributed by atoms with E-state index in [4.69, 9.17) is 27.9 Å². The van der Waals surface area contributed by atoms with Crippen LogP contribution in [0.25, 0.3) is 0 Å². The molecule has 1 aliphatic heterocycles. The van der Waals surface area contributed by atoms with E-state index in [0.29, 0.717) is 11.4 Å². The second-order valence-corrected chi connectivity index (χ2v) is 8.65. The van der Waals surface area contributed by atoms with Gasteiger partial charge in [0.15, 0.2) is 21.8 Å². The number of halogens is 2. The zero-order valence-corrected chi connectivity index (χ0v) is 15.1. The van der Waals surface area contributed by atoms with Gasteiger partial charge in [0.25, 0.3) is 5.91 Å². The summed E-state index contributed by atoms with van der Waals surface area (Å²) in [6.07, 6.45) is 0.656. The Morgan fingerprint density at radius 1 is 1.46 bits per heavy atom. The smallest absolute Gasteiger partial charge is 0.306 e. The Bertz CT molecular complexity index is 754. The highest BCUT2D eigenvalue weighted by atomic mass is 35.5. The van der Waals surface area contributed by atoms with Crippen molar-refractivity contribution in [3.63, 3.8) is 0 Å². The molecule has 7 nitrogen and oxygen atoms in total. The molecule has 1 amide bonds. The molecule has 132 valence electrons. The van der Waals surface area contributed by atoms with Crippen molar-refractivity contribution in [2.24, 2.45) is 5.92 Å². The number of esters is 1. The summed E-state index contributed by atoms with van der Waals surface area (Å²) in [6.45, 7) is 1.41. The van der Waals surface area contributed by atoms with Crippen LogP contribution in [0.15, 0.2) is 12.3 Å². The molecule has 0 bridgehead atoms. The Morgan fingerprint density at radius 3 is 2.75 bits per heavy atom. The third-order valence-electron chi connectivity index (χ3n) is 3.51. The van der Waals surface area contributed by atoms with Crippen LogP contribution in [0, 0.1) is 5.92 Å². The normalized spacial score (nSPS) is 20.4. The Labute approximate surface area is 149 Å². The Balaban J connectivity index is 1.86. The van der Waals surface area contributed by atoms with Crippen LogP contribution >= 0.6 is 23.2 Å². The van der Waals surface area contributed by atoms with E-state index in [1.807, 2.05) is 0 Å². The average molecular weight is 395 g/mol. The topological polar surface area (TPSA) is 102 Å². The predicted octanol–water partition coefficient (Wildman–Crippen LogP) is 2.08. The van der Waals surface area contributed by atoms with Gasteiger partial charge in [-0.3, -0.25) is 9.59 Å². The van der Waals surface area contributed by atoms with Gasteiger partial charge < -0.3 is 10.1 Å². The van der Waals surface area contributed by atoms with E-state index in [-0.39, 0.29) is 34.7 Å². The van der Waals surface area contributed by atoms with Gasteiger partial charge in [0.1, 0.15) is 0 Å². The van der Waals surface area contributed by atoms with Gasteiger partial charge in [-0.25, -0.2) is 13.4 Å². The van der Waals surface area contributed by atoms with Crippen LogP contribution in [0.3, 0.4) is 0 Å². The lowest BCUT2D eigenvalue weighted by Crippen LogP contribution is -2.31. The van der Waals surface area contributed by atoms with Gasteiger partial charge in [0.05, 0.1) is 21.6 Å². The van der Waals surface area contributed by atoms with E-state index in [1.165, 1.54) is 19.2 Å². The minimum absolute atomic E-state index is 0.0209. The van der Waals surface area contributed by atoms with Crippen molar-refractivity contribution in [2.45, 2.75) is 25.9 Å². The fraction of sp³-hybridized carbons (Fsp3) is 0.500. The molecule has 1 fully saturated rings. The molecule has 0 saturated carbocycles. The van der Waals surface area contributed by atoms with E-state index >= 15 is 0 Å². The van der Waals surface area contributed by atoms with Crippen molar-refractivity contribution < 1.29 is 22.7 Å². The highest BCUT2D eigenvalue weighted by molar-refractivity contribution is 7.91. The molecule has 1 aromatic heterocycles. The maximum atomic E-state index is 12.0. The van der Waals surface area contributed by atoms with E-state index in [2.05, 4.69) is 10.3 Å². The van der Waals surface area contributed by atoms with Crippen molar-refractivity contribution in [3.8, 4) is 0 Å². The predicted molar refractivity (Wildman–Crippen MR) is 89.8 cm³/mol. The molecule has 0 unspecified atom stereocenters. The van der Waals surface area contributed by atoms with E-state index in [1.54, 1.807) is 0 Å². The number of aromatic nitrogens is 1. The molecule has 0 aromatic carbocycles. The second-order valence-electron chi connectivity index (χ2n) is 5.58. The number of carbonyl (C=O) groups excluding carboxylic acids is 2. The number of sulfone groups is 1. The van der Waals surface area contributed by atoms with Gasteiger partial charge in [0, 0.05) is 12.6 Å². The molecule has 1 aromatic rings. The first-order chi connectivity index (χ1) is 11.2. The second kappa shape index (κ2) is 7.67. The highest BCUT2D eigenvalue weighted by Crippen LogP contribution is 2.24. The number of rotatable bonds is 5. The number of anilines is 1. The van der Waals surface area contributed by atoms with Crippen molar-refractivity contribution >= 4 is 50.7 Å². The summed E-state index contributed by atoms with van der Waals surface area (Å²) in [7, 11) is -3.06. The fourth-order valence-electron chi connectivity index (χ4n) is 2.29. The lowest BCUT2D eigenvalue weighted by Gasteiger charge is -2.15. The molecule has 24 heavy (non-hydrogen) atoms. The van der Waals surface area contributed by atoms with Crippen molar-refractivity contribution in [1.29, 1.82) is 0 Å². The van der Waals surface area contributed by atoms with Crippen molar-refractivity contribution in [2.75, 3.05) is 16.8 Å². The monoisotopic (exact) mass is 394 g/mol. The Kier molecular flexibility index (Phi) is 6.06. The molecular weight excluding hydrogens is 379 g/mol. The number of nitrogens with zero attached hydrogens (tertiary/aromatic N) is 1. The lowest BCUT2D eigenvalue weighted by molar-refractivity contribution is -0.153. The molecule has 2 atom stereocenters. The van der Waals surface area contributed by atoms with Gasteiger partial charge in [-0.2, -0.15) is 0 Å². The summed E-state index contributed by atoms with van der Waals surface area (Å²) in [5.41, 5.74) is 0. The third kappa shape index (κ3) is 5.32. The molecule has 0 spiro atoms. The third-order valence-corrected chi connectivity index (χ3v) is 5.84. The van der Waals surface area contributed by atoms with Gasteiger partial charge >= 0.3 is 5.97 Å². The molecule has 0 radical (unpaired) electrons. The number of hydrogen-bond donors (Lipinski definition) is 1. The molecule has 10 heteroatoms. The van der Waals surface area contributed by atoms with Crippen LogP contribution in [-0.2, 0) is 24.2 Å². The summed E-state index contributed by atoms with van der Waals surface area (Å²) >= 11 is 11.6. The van der Waals surface area contributed by atoms with Gasteiger partial charge in [0.2, 0.25) is 0 Å². The highest BCUT2D eigenvalue weighted by Gasteiger charge is 2.30. The summed E-state index contributed by atoms with van der Waals surface area (Å²) in [6, 6.07) is 1.42. The molecule has 1 N–H and O–H groups in total. The van der Waals surface area contributed by atoms with Gasteiger partial charge in [-0.15, -0.1) is 0 Å². The van der Waals surface area contributed by atoms with Gasteiger partial charge in [-0.1, -0.05) is 23.2 Å². The van der Waals surface area contributed by atoms with E-state index in [9.17, 15) is 18.0 Å². The van der Waals surface area contributed by atoms with Crippen molar-refractivity contribution in [1.82, 2.24) is 4.98 Å². The van der Waals surface area contributed by atoms with Crippen LogP contribution in [0.4, 0.5) is 5.82 Å². The first-order valence-corrected chi connectivity index (χ1v) is 9.76. The van der Waals surface area contributed by atoms with E-state index in [0.717, 1.165) is 0 Å². The van der Waals surface area contributed by atoms with E-state index < -0.39 is 27.8 Å². The zero-order valence-electron chi connectivity index (χ0n) is 12.8. The zero-order chi connectivity index (χ0) is 17.9. The number of ether oxygens (including phenoxy) is 1. The number of pyridine rings is 1. The van der Waals surface area contributed by atoms with Crippen LogP contribution in [0.2, 0.25) is 10.0 Å². The van der Waals surface area contributed by atoms with Gasteiger partial charge in [-0.05, 0) is 25.3 Å². The Hall–Kier alpha value is -1.38. The summed E-state index contributed by atoms with van der Waals surface area (Å²) < 4.78 is 27.8. The molecular formula is C14H16Cl2N2O5S. The number of hydrogen-bond acceptors (Lipinski definition) is 6. The number of amides is 1. The molecule has 1 saturated heterocycles. The minimum Gasteiger partial charge on any atom is -0.453 e. The largest absolute Gasteiger partial charge is 0.453 e. The molecule has 0 aliphatic carbocycles. The minimum atomic E-state index is -3.06. The van der Waals surface area contributed by atoms with Crippen LogP contribution < -0.4 is 5.32 Å². The maximum Gasteiger partial charge on any atom is 0.306 e. The molecule has 2 heterocycles. The fourth-order valence-corrected chi connectivity index (χ4v) is 4.58. The molecule has 2 rings (SSSR count). The quantitative estimate of drug-likeness (QED) is 0.766. The standard InChI is InChI=1S/C14H16Cl2N2O5S/c1-8(14(20)18-13-11(16)5-10(15)6-17-13)23-12(19)4-9-2-3-24(21,22)7-9/h5-6,8-9H,2-4,7H2,1H3,(H,17,18,20)/t8-,9+/m1/s1. The molecule has 1 aliphatic rings. The first-order valence-electron chi connectivity index (χ1n) is 7.18.